The molecule has 0 N–H and O–H groups in total. The fraction of sp³-hybridized carbons (Fsp3) is 0.364. The van der Waals surface area contributed by atoms with Gasteiger partial charge in [0.1, 0.15) is 22.4 Å². The molecule has 0 radical (unpaired) electrons. The van der Waals surface area contributed by atoms with E-state index in [0.29, 0.717) is 18.8 Å². The third kappa shape index (κ3) is 3.33. The van der Waals surface area contributed by atoms with Crippen molar-refractivity contribution in [1.29, 1.82) is 0 Å². The lowest BCUT2D eigenvalue weighted by molar-refractivity contribution is 0.0642. The Kier molecular flexibility index (Phi) is 5.69. The zero-order valence-electron chi connectivity index (χ0n) is 16.7. The molecule has 2 aliphatic rings. The number of rotatable bonds is 3. The Morgan fingerprint density at radius 2 is 2.10 bits per heavy atom. The van der Waals surface area contributed by atoms with E-state index < -0.39 is 22.6 Å². The molecule has 2 aromatic carbocycles. The zero-order chi connectivity index (χ0) is 21.3. The molecule has 0 bridgehead atoms. The molecule has 2 heterocycles. The van der Waals surface area contributed by atoms with E-state index in [9.17, 15) is 13.6 Å². The number of ether oxygens (including phenoxy) is 2. The predicted molar refractivity (Wildman–Crippen MR) is 111 cm³/mol. The molecule has 30 heavy (non-hydrogen) atoms. The third-order valence-corrected chi connectivity index (χ3v) is 6.93. The van der Waals surface area contributed by atoms with Gasteiger partial charge in [0.05, 0.1) is 13.2 Å². The predicted octanol–water partition coefficient (Wildman–Crippen LogP) is 5.49. The van der Waals surface area contributed by atoms with Crippen LogP contribution in [-0.4, -0.2) is 29.4 Å². The largest absolute Gasteiger partial charge is 0.493 e. The Labute approximate surface area is 178 Å². The Balaban J connectivity index is 1.92. The van der Waals surface area contributed by atoms with Crippen LogP contribution in [0.25, 0.3) is 0 Å². The van der Waals surface area contributed by atoms with Gasteiger partial charge in [-0.25, -0.2) is 13.6 Å². The summed E-state index contributed by atoms with van der Waals surface area (Å²) in [4.78, 5) is 12.0. The summed E-state index contributed by atoms with van der Waals surface area (Å²) in [6, 6.07) is 10.7. The molecule has 8 heteroatoms. The van der Waals surface area contributed by atoms with Crippen molar-refractivity contribution in [3.63, 3.8) is 0 Å². The minimum Gasteiger partial charge on any atom is -0.493 e. The van der Waals surface area contributed by atoms with Crippen LogP contribution in [-0.2, 0) is 9.61 Å². The van der Waals surface area contributed by atoms with E-state index in [0.717, 1.165) is 30.2 Å². The molecular formula is C22H22F2N2O3S. The van der Waals surface area contributed by atoms with Crippen LogP contribution in [0.3, 0.4) is 0 Å². The quantitative estimate of drug-likeness (QED) is 0.643. The van der Waals surface area contributed by atoms with Crippen LogP contribution in [0.5, 0.6) is 5.75 Å². The number of hydrogen-bond acceptors (Lipinski definition) is 5. The lowest BCUT2D eigenvalue weighted by Crippen LogP contribution is -2.46. The fourth-order valence-corrected chi connectivity index (χ4v) is 5.64. The molecule has 5 nitrogen and oxygen atoms in total. The van der Waals surface area contributed by atoms with Gasteiger partial charge in [-0.3, -0.25) is 0 Å². The lowest BCUT2D eigenvalue weighted by atomic mass is 9.87. The van der Waals surface area contributed by atoms with Crippen molar-refractivity contribution in [3.8, 4) is 5.75 Å². The maximum atomic E-state index is 14.6. The number of benzene rings is 2. The van der Waals surface area contributed by atoms with Gasteiger partial charge < -0.3 is 9.47 Å². The highest BCUT2D eigenvalue weighted by molar-refractivity contribution is 8.15. The summed E-state index contributed by atoms with van der Waals surface area (Å²) in [5, 5.41) is 6.00. The molecule has 2 atom stereocenters. The van der Waals surface area contributed by atoms with Gasteiger partial charge in [0.25, 0.3) is 0 Å². The van der Waals surface area contributed by atoms with Gasteiger partial charge in [0.2, 0.25) is 0 Å². The Hall–Kier alpha value is -2.61. The zero-order valence-corrected chi connectivity index (χ0v) is 17.5. The number of hydrogen-bond donors (Lipinski definition) is 0. The van der Waals surface area contributed by atoms with Gasteiger partial charge in [-0.15, -0.1) is 0 Å². The Morgan fingerprint density at radius 3 is 2.87 bits per heavy atom. The van der Waals surface area contributed by atoms with Gasteiger partial charge >= 0.3 is 6.09 Å². The molecule has 1 unspecified atom stereocenters. The van der Waals surface area contributed by atoms with Gasteiger partial charge in [0.15, 0.2) is 4.87 Å². The van der Waals surface area contributed by atoms with Gasteiger partial charge in [-0.05, 0) is 44.0 Å². The molecular weight excluding hydrogens is 410 g/mol. The molecule has 2 aliphatic heterocycles. The first kappa shape index (κ1) is 20.7. The third-order valence-electron chi connectivity index (χ3n) is 5.40. The minimum absolute atomic E-state index is 0.0173. The number of thioether (sulfide) groups is 1. The minimum atomic E-state index is -0.984. The molecule has 158 valence electrons. The average Bonchev–Trinajstić information content (AvgIpc) is 3.06. The maximum Gasteiger partial charge on any atom is 0.432 e. The summed E-state index contributed by atoms with van der Waals surface area (Å²) in [5.74, 6) is -0.579. The van der Waals surface area contributed by atoms with Gasteiger partial charge in [-0.1, -0.05) is 36.9 Å². The first-order valence-electron chi connectivity index (χ1n) is 9.93. The van der Waals surface area contributed by atoms with Crippen molar-refractivity contribution < 1.29 is 23.0 Å². The first-order valence-corrected chi connectivity index (χ1v) is 10.7. The Morgan fingerprint density at radius 1 is 1.30 bits per heavy atom. The second-order valence-electron chi connectivity index (χ2n) is 7.08. The van der Waals surface area contributed by atoms with E-state index in [-0.39, 0.29) is 23.1 Å². The van der Waals surface area contributed by atoms with E-state index in [4.69, 9.17) is 9.47 Å². The fourth-order valence-electron chi connectivity index (χ4n) is 4.03. The van der Waals surface area contributed by atoms with Crippen molar-refractivity contribution in [2.45, 2.75) is 31.6 Å². The number of carbonyl (C=O) groups is 1. The van der Waals surface area contributed by atoms with Gasteiger partial charge in [-0.2, -0.15) is 10.1 Å². The molecule has 0 aliphatic carbocycles. The summed E-state index contributed by atoms with van der Waals surface area (Å²) in [6.07, 6.45) is 0.768. The highest BCUT2D eigenvalue weighted by Gasteiger charge is 2.56. The van der Waals surface area contributed by atoms with Crippen LogP contribution in [0.1, 0.15) is 37.8 Å². The summed E-state index contributed by atoms with van der Waals surface area (Å²) in [5.41, 5.74) is 0.784. The molecule has 1 amide bonds. The molecule has 4 rings (SSSR count). The van der Waals surface area contributed by atoms with Crippen molar-refractivity contribution in [2.24, 2.45) is 11.0 Å². The van der Waals surface area contributed by atoms with Crippen LogP contribution in [0.15, 0.2) is 47.6 Å². The van der Waals surface area contributed by atoms with E-state index >= 15 is 0 Å². The van der Waals surface area contributed by atoms with Crippen LogP contribution < -0.4 is 4.74 Å². The summed E-state index contributed by atoms with van der Waals surface area (Å²) in [6.45, 7) is 4.40. The van der Waals surface area contributed by atoms with Crippen LogP contribution in [0.4, 0.5) is 13.6 Å². The highest BCUT2D eigenvalue weighted by Crippen LogP contribution is 2.57. The molecule has 0 aromatic heterocycles. The number of halogens is 2. The summed E-state index contributed by atoms with van der Waals surface area (Å²) in [7, 11) is 0. The average molecular weight is 432 g/mol. The maximum absolute atomic E-state index is 14.6. The summed E-state index contributed by atoms with van der Waals surface area (Å²) < 4.78 is 39.7. The van der Waals surface area contributed by atoms with E-state index in [2.05, 4.69) is 5.10 Å². The second-order valence-corrected chi connectivity index (χ2v) is 8.29. The summed E-state index contributed by atoms with van der Waals surface area (Å²) >= 11 is 1.25. The van der Waals surface area contributed by atoms with E-state index in [1.54, 1.807) is 6.92 Å². The number of hydrazone groups is 1. The molecule has 0 saturated heterocycles. The molecule has 0 fully saturated rings. The van der Waals surface area contributed by atoms with E-state index in [1.165, 1.54) is 16.8 Å². The number of fused-ring (bicyclic) bond motifs is 2. The normalized spacial score (nSPS) is 22.9. The highest BCUT2D eigenvalue weighted by atomic mass is 32.2. The molecule has 0 saturated carbocycles. The van der Waals surface area contributed by atoms with Crippen molar-refractivity contribution in [3.05, 3.63) is 65.2 Å². The lowest BCUT2D eigenvalue weighted by Gasteiger charge is -2.40. The number of nitrogens with zero attached hydrogens (tertiary/aromatic N) is 2. The number of amides is 1. The molecule has 2 aromatic rings. The SMILES string of the molecule is CCOC(=O)N1N=C(c2cc(F)ccc2F)S[C@@]12c1ccccc1OCCC2CC. The monoisotopic (exact) mass is 432 g/mol. The topological polar surface area (TPSA) is 51.1 Å². The smallest absolute Gasteiger partial charge is 0.432 e. The number of para-hydroxylation sites is 1. The number of carbonyl (C=O) groups excluding carboxylic acids is 1. The molecule has 1 spiro atoms. The van der Waals surface area contributed by atoms with Crippen LogP contribution in [0, 0.1) is 17.6 Å². The standard InChI is InChI=1S/C22H22F2N2O3S/c1-3-14-11-12-29-19-8-6-5-7-17(19)22(14)26(21(27)28-4-2)25-20(30-22)16-13-15(23)9-10-18(16)24/h5-10,13-14H,3-4,11-12H2,1-2H3/t14?,22-/m0/s1. The second kappa shape index (κ2) is 8.26. The first-order chi connectivity index (χ1) is 14.5. The van der Waals surface area contributed by atoms with Crippen molar-refractivity contribution >= 4 is 22.9 Å². The van der Waals surface area contributed by atoms with Gasteiger partial charge in [0, 0.05) is 17.0 Å². The van der Waals surface area contributed by atoms with Crippen LogP contribution in [0.2, 0.25) is 0 Å². The Bertz CT molecular complexity index is 1000. The van der Waals surface area contributed by atoms with Crippen LogP contribution >= 0.6 is 11.8 Å². The van der Waals surface area contributed by atoms with Crippen molar-refractivity contribution in [2.75, 3.05) is 13.2 Å². The van der Waals surface area contributed by atoms with Crippen molar-refractivity contribution in [1.82, 2.24) is 5.01 Å². The van der Waals surface area contributed by atoms with E-state index in [1.807, 2.05) is 31.2 Å².